The number of benzene rings is 2. The minimum atomic E-state index is -4.48. The van der Waals surface area contributed by atoms with E-state index in [2.05, 4.69) is 10.5 Å². The SMILES string of the molecule is O=[N+]([O-])c1cccc(N/N=C\c2ccccc2C(F)(F)F)c1. The molecule has 0 amide bonds. The van der Waals surface area contributed by atoms with Crippen molar-refractivity contribution in [3.63, 3.8) is 0 Å². The topological polar surface area (TPSA) is 67.5 Å². The van der Waals surface area contributed by atoms with Gasteiger partial charge in [0.05, 0.1) is 22.4 Å². The van der Waals surface area contributed by atoms with Gasteiger partial charge in [0.25, 0.3) is 5.69 Å². The summed E-state index contributed by atoms with van der Waals surface area (Å²) < 4.78 is 38.4. The highest BCUT2D eigenvalue weighted by Gasteiger charge is 2.32. The van der Waals surface area contributed by atoms with Crippen LogP contribution in [0.5, 0.6) is 0 Å². The molecule has 0 radical (unpaired) electrons. The fraction of sp³-hybridized carbons (Fsp3) is 0.0714. The number of hydrazone groups is 1. The van der Waals surface area contributed by atoms with Gasteiger partial charge in [0.15, 0.2) is 0 Å². The van der Waals surface area contributed by atoms with Gasteiger partial charge in [0, 0.05) is 17.7 Å². The minimum Gasteiger partial charge on any atom is -0.278 e. The molecule has 22 heavy (non-hydrogen) atoms. The normalized spacial score (nSPS) is 11.6. The van der Waals surface area contributed by atoms with Gasteiger partial charge in [-0.3, -0.25) is 15.5 Å². The highest BCUT2D eigenvalue weighted by atomic mass is 19.4. The Labute approximate surface area is 123 Å². The third-order valence-electron chi connectivity index (χ3n) is 2.72. The molecule has 0 aromatic heterocycles. The molecule has 114 valence electrons. The zero-order chi connectivity index (χ0) is 16.2. The van der Waals surface area contributed by atoms with Crippen molar-refractivity contribution in [1.82, 2.24) is 0 Å². The number of hydrogen-bond donors (Lipinski definition) is 1. The molecular formula is C14H10F3N3O2. The lowest BCUT2D eigenvalue weighted by atomic mass is 10.1. The number of halogens is 3. The molecule has 1 N–H and O–H groups in total. The summed E-state index contributed by atoms with van der Waals surface area (Å²) in [6, 6.07) is 10.5. The molecule has 0 aliphatic rings. The Kier molecular flexibility index (Phi) is 4.40. The van der Waals surface area contributed by atoms with Crippen LogP contribution in [-0.2, 0) is 6.18 Å². The van der Waals surface area contributed by atoms with Crippen molar-refractivity contribution in [3.8, 4) is 0 Å². The molecule has 0 saturated carbocycles. The van der Waals surface area contributed by atoms with Crippen molar-refractivity contribution in [3.05, 3.63) is 69.8 Å². The summed E-state index contributed by atoms with van der Waals surface area (Å²) in [5.74, 6) is 0. The summed E-state index contributed by atoms with van der Waals surface area (Å²) >= 11 is 0. The second-order valence-corrected chi connectivity index (χ2v) is 4.26. The average molecular weight is 309 g/mol. The van der Waals surface area contributed by atoms with E-state index >= 15 is 0 Å². The fourth-order valence-electron chi connectivity index (χ4n) is 1.73. The molecule has 2 aromatic carbocycles. The quantitative estimate of drug-likeness (QED) is 0.526. The number of nitrogens with one attached hydrogen (secondary N) is 1. The Morgan fingerprint density at radius 2 is 1.86 bits per heavy atom. The molecule has 0 unspecified atom stereocenters. The standard InChI is InChI=1S/C14H10F3N3O2/c15-14(16,17)13-7-2-1-4-10(13)9-18-19-11-5-3-6-12(8-11)20(21)22/h1-9,19H/b18-9-. The Morgan fingerprint density at radius 1 is 1.14 bits per heavy atom. The number of hydrogen-bond acceptors (Lipinski definition) is 4. The second-order valence-electron chi connectivity index (χ2n) is 4.26. The number of alkyl halides is 3. The Balaban J connectivity index is 2.17. The van der Waals surface area contributed by atoms with Crippen molar-refractivity contribution in [2.75, 3.05) is 5.43 Å². The fourth-order valence-corrected chi connectivity index (χ4v) is 1.73. The lowest BCUT2D eigenvalue weighted by Gasteiger charge is -2.09. The van der Waals surface area contributed by atoms with Crippen LogP contribution in [0.25, 0.3) is 0 Å². The van der Waals surface area contributed by atoms with Gasteiger partial charge in [0.1, 0.15) is 0 Å². The smallest absolute Gasteiger partial charge is 0.278 e. The number of nitrogens with zero attached hydrogens (tertiary/aromatic N) is 2. The van der Waals surface area contributed by atoms with Crippen LogP contribution >= 0.6 is 0 Å². The van der Waals surface area contributed by atoms with Gasteiger partial charge in [-0.2, -0.15) is 18.3 Å². The molecule has 0 spiro atoms. The van der Waals surface area contributed by atoms with E-state index in [1.807, 2.05) is 0 Å². The van der Waals surface area contributed by atoms with Crippen molar-refractivity contribution in [2.45, 2.75) is 6.18 Å². The molecule has 0 aliphatic heterocycles. The van der Waals surface area contributed by atoms with Crippen molar-refractivity contribution in [2.24, 2.45) is 5.10 Å². The Bertz CT molecular complexity index is 714. The molecule has 0 aliphatic carbocycles. The summed E-state index contributed by atoms with van der Waals surface area (Å²) in [4.78, 5) is 10.0. The van der Waals surface area contributed by atoms with Gasteiger partial charge in [-0.15, -0.1) is 0 Å². The maximum absolute atomic E-state index is 12.8. The summed E-state index contributed by atoms with van der Waals surface area (Å²) in [5.41, 5.74) is 1.71. The van der Waals surface area contributed by atoms with Crippen LogP contribution in [0, 0.1) is 10.1 Å². The predicted octanol–water partition coefficient (Wildman–Crippen LogP) is 4.06. The molecular weight excluding hydrogens is 299 g/mol. The zero-order valence-corrected chi connectivity index (χ0v) is 11.0. The average Bonchev–Trinajstić information content (AvgIpc) is 2.47. The molecule has 0 heterocycles. The van der Waals surface area contributed by atoms with Gasteiger partial charge >= 0.3 is 6.18 Å². The van der Waals surface area contributed by atoms with Crippen molar-refractivity contribution >= 4 is 17.6 Å². The van der Waals surface area contributed by atoms with E-state index < -0.39 is 16.7 Å². The molecule has 2 rings (SSSR count). The predicted molar refractivity (Wildman–Crippen MR) is 75.8 cm³/mol. The van der Waals surface area contributed by atoms with Crippen LogP contribution in [0.15, 0.2) is 53.6 Å². The van der Waals surface area contributed by atoms with Crippen molar-refractivity contribution < 1.29 is 18.1 Å². The molecule has 0 fully saturated rings. The van der Waals surface area contributed by atoms with Crippen LogP contribution in [-0.4, -0.2) is 11.1 Å². The zero-order valence-electron chi connectivity index (χ0n) is 11.0. The van der Waals surface area contributed by atoms with Gasteiger partial charge in [-0.05, 0) is 12.1 Å². The minimum absolute atomic E-state index is 0.104. The molecule has 0 atom stereocenters. The first kappa shape index (κ1) is 15.5. The number of anilines is 1. The molecule has 5 nitrogen and oxygen atoms in total. The van der Waals surface area contributed by atoms with E-state index in [9.17, 15) is 23.3 Å². The third kappa shape index (κ3) is 3.81. The summed E-state index contributed by atoms with van der Waals surface area (Å²) in [6.07, 6.45) is -3.46. The Hall–Kier alpha value is -2.90. The van der Waals surface area contributed by atoms with E-state index in [1.54, 1.807) is 0 Å². The molecule has 0 bridgehead atoms. The summed E-state index contributed by atoms with van der Waals surface area (Å²) in [5, 5.41) is 14.3. The van der Waals surface area contributed by atoms with Crippen molar-refractivity contribution in [1.29, 1.82) is 0 Å². The first-order valence-electron chi connectivity index (χ1n) is 6.07. The van der Waals surface area contributed by atoms with Crippen LogP contribution in [0.3, 0.4) is 0 Å². The number of nitro groups is 1. The Morgan fingerprint density at radius 3 is 2.55 bits per heavy atom. The molecule has 0 saturated heterocycles. The van der Waals surface area contributed by atoms with E-state index in [-0.39, 0.29) is 11.3 Å². The number of rotatable bonds is 4. The first-order chi connectivity index (χ1) is 10.4. The third-order valence-corrected chi connectivity index (χ3v) is 2.72. The van der Waals surface area contributed by atoms with Crippen LogP contribution < -0.4 is 5.43 Å². The van der Waals surface area contributed by atoms with E-state index in [0.29, 0.717) is 5.69 Å². The van der Waals surface area contributed by atoms with E-state index in [1.165, 1.54) is 42.5 Å². The maximum Gasteiger partial charge on any atom is 0.417 e. The van der Waals surface area contributed by atoms with Crippen LogP contribution in [0.2, 0.25) is 0 Å². The van der Waals surface area contributed by atoms with E-state index in [4.69, 9.17) is 0 Å². The summed E-state index contributed by atoms with van der Waals surface area (Å²) in [6.45, 7) is 0. The lowest BCUT2D eigenvalue weighted by molar-refractivity contribution is -0.384. The highest BCUT2D eigenvalue weighted by molar-refractivity contribution is 5.82. The maximum atomic E-state index is 12.8. The van der Waals surface area contributed by atoms with Gasteiger partial charge in [-0.25, -0.2) is 0 Å². The largest absolute Gasteiger partial charge is 0.417 e. The molecule has 2 aromatic rings. The highest BCUT2D eigenvalue weighted by Crippen LogP contribution is 2.31. The second kappa shape index (κ2) is 6.25. The number of non-ortho nitro benzene ring substituents is 1. The molecule has 8 heteroatoms. The van der Waals surface area contributed by atoms with Crippen LogP contribution in [0.4, 0.5) is 24.5 Å². The van der Waals surface area contributed by atoms with Gasteiger partial charge in [0.2, 0.25) is 0 Å². The first-order valence-corrected chi connectivity index (χ1v) is 6.07. The van der Waals surface area contributed by atoms with Gasteiger partial charge < -0.3 is 0 Å². The van der Waals surface area contributed by atoms with Crippen LogP contribution in [0.1, 0.15) is 11.1 Å². The summed E-state index contributed by atoms with van der Waals surface area (Å²) in [7, 11) is 0. The monoisotopic (exact) mass is 309 g/mol. The van der Waals surface area contributed by atoms with E-state index in [0.717, 1.165) is 12.3 Å². The number of nitro benzene ring substituents is 1. The lowest BCUT2D eigenvalue weighted by Crippen LogP contribution is -2.08. The van der Waals surface area contributed by atoms with Gasteiger partial charge in [-0.1, -0.05) is 24.3 Å².